The lowest BCUT2D eigenvalue weighted by Crippen LogP contribution is -2.12. The minimum Gasteiger partial charge on any atom is -0.322 e. The lowest BCUT2D eigenvalue weighted by molar-refractivity contribution is 0.102. The van der Waals surface area contributed by atoms with Crippen molar-refractivity contribution in [3.63, 3.8) is 0 Å². The van der Waals surface area contributed by atoms with E-state index in [-0.39, 0.29) is 5.91 Å². The van der Waals surface area contributed by atoms with Crippen molar-refractivity contribution in [2.24, 2.45) is 0 Å². The van der Waals surface area contributed by atoms with Crippen molar-refractivity contribution in [3.8, 4) is 5.69 Å². The summed E-state index contributed by atoms with van der Waals surface area (Å²) in [7, 11) is 0. The maximum Gasteiger partial charge on any atom is 0.257 e. The normalized spacial score (nSPS) is 10.9. The Morgan fingerprint density at radius 2 is 1.83 bits per heavy atom. The average molecular weight is 394 g/mol. The zero-order valence-electron chi connectivity index (χ0n) is 16.0. The molecule has 0 saturated carbocycles. The zero-order chi connectivity index (χ0) is 20.3. The van der Waals surface area contributed by atoms with Crippen LogP contribution in [0.5, 0.6) is 0 Å². The fourth-order valence-corrected chi connectivity index (χ4v) is 3.30. The van der Waals surface area contributed by atoms with E-state index in [9.17, 15) is 4.79 Å². The molecule has 3 aromatic heterocycles. The highest BCUT2D eigenvalue weighted by molar-refractivity contribution is 6.05. The Bertz CT molecular complexity index is 1290. The monoisotopic (exact) mass is 394 g/mol. The number of benzene rings is 2. The third kappa shape index (κ3) is 3.56. The molecule has 0 atom stereocenters. The van der Waals surface area contributed by atoms with Crippen LogP contribution in [0.1, 0.15) is 15.9 Å². The predicted molar refractivity (Wildman–Crippen MR) is 115 cm³/mol. The van der Waals surface area contributed by atoms with Gasteiger partial charge in [-0.3, -0.25) is 4.79 Å². The predicted octanol–water partition coefficient (Wildman–Crippen LogP) is 3.92. The van der Waals surface area contributed by atoms with Gasteiger partial charge in [0.05, 0.1) is 24.6 Å². The number of imidazole rings is 1. The summed E-state index contributed by atoms with van der Waals surface area (Å²) in [6.45, 7) is 0.631. The van der Waals surface area contributed by atoms with Gasteiger partial charge < -0.3 is 9.88 Å². The van der Waals surface area contributed by atoms with Crippen molar-refractivity contribution in [2.45, 2.75) is 6.54 Å². The number of carbonyl (C=O) groups excluding carboxylic acids is 1. The number of nitrogens with one attached hydrogen (secondary N) is 1. The lowest BCUT2D eigenvalue weighted by Gasteiger charge is -2.07. The second-order valence-corrected chi connectivity index (χ2v) is 6.90. The van der Waals surface area contributed by atoms with Crippen LogP contribution >= 0.6 is 0 Å². The van der Waals surface area contributed by atoms with E-state index in [0.29, 0.717) is 17.8 Å². The third-order valence-corrected chi connectivity index (χ3v) is 4.84. The minimum absolute atomic E-state index is 0.212. The lowest BCUT2D eigenvalue weighted by atomic mass is 10.2. The molecule has 0 saturated heterocycles. The first-order valence-electron chi connectivity index (χ1n) is 9.51. The van der Waals surface area contributed by atoms with Gasteiger partial charge in [-0.2, -0.15) is 5.10 Å². The Labute approximate surface area is 172 Å². The van der Waals surface area contributed by atoms with Crippen molar-refractivity contribution < 1.29 is 4.79 Å². The number of aromatic nitrogens is 5. The second-order valence-electron chi connectivity index (χ2n) is 6.90. The van der Waals surface area contributed by atoms with E-state index < -0.39 is 0 Å². The zero-order valence-corrected chi connectivity index (χ0v) is 16.0. The molecule has 5 aromatic rings. The molecule has 0 spiro atoms. The number of nitrogens with zero attached hydrogens (tertiary/aromatic N) is 5. The molecule has 3 heterocycles. The van der Waals surface area contributed by atoms with Crippen molar-refractivity contribution >= 4 is 22.6 Å². The van der Waals surface area contributed by atoms with Gasteiger partial charge in [0, 0.05) is 35.4 Å². The van der Waals surface area contributed by atoms with E-state index in [1.807, 2.05) is 76.1 Å². The fourth-order valence-electron chi connectivity index (χ4n) is 3.30. The van der Waals surface area contributed by atoms with Crippen LogP contribution in [0.3, 0.4) is 0 Å². The molecule has 2 aromatic carbocycles. The molecule has 7 nitrogen and oxygen atoms in total. The van der Waals surface area contributed by atoms with Gasteiger partial charge in [0.25, 0.3) is 5.91 Å². The molecule has 30 heavy (non-hydrogen) atoms. The standard InChI is InChI=1S/C23H18N6O/c30-23(27-20-6-8-21(9-7-20)28-11-10-24-16-28)19-12-18-14-26-29(22(18)25-13-19)15-17-4-2-1-3-5-17/h1-14,16H,15H2,(H,27,30). The first kappa shape index (κ1) is 17.8. The molecule has 0 unspecified atom stereocenters. The quantitative estimate of drug-likeness (QED) is 0.490. The van der Waals surface area contributed by atoms with Gasteiger partial charge in [0.1, 0.15) is 0 Å². The Morgan fingerprint density at radius 3 is 2.60 bits per heavy atom. The summed E-state index contributed by atoms with van der Waals surface area (Å²) in [5.74, 6) is -0.212. The summed E-state index contributed by atoms with van der Waals surface area (Å²) in [6.07, 6.45) is 8.64. The number of fused-ring (bicyclic) bond motifs is 1. The van der Waals surface area contributed by atoms with Crippen molar-refractivity contribution in [1.29, 1.82) is 0 Å². The first-order chi connectivity index (χ1) is 14.8. The smallest absolute Gasteiger partial charge is 0.257 e. The van der Waals surface area contributed by atoms with Gasteiger partial charge in [0.2, 0.25) is 0 Å². The number of carbonyl (C=O) groups is 1. The maximum atomic E-state index is 12.7. The van der Waals surface area contributed by atoms with Crippen LogP contribution in [-0.2, 0) is 6.54 Å². The van der Waals surface area contributed by atoms with Crippen LogP contribution in [0, 0.1) is 0 Å². The molecule has 1 amide bonds. The average Bonchev–Trinajstić information content (AvgIpc) is 3.45. The highest BCUT2D eigenvalue weighted by Gasteiger charge is 2.11. The van der Waals surface area contributed by atoms with Crippen LogP contribution in [0.25, 0.3) is 16.7 Å². The van der Waals surface area contributed by atoms with Gasteiger partial charge >= 0.3 is 0 Å². The fraction of sp³-hybridized carbons (Fsp3) is 0.0435. The molecule has 146 valence electrons. The molecule has 7 heteroatoms. The van der Waals surface area contributed by atoms with E-state index in [4.69, 9.17) is 0 Å². The second kappa shape index (κ2) is 7.63. The molecule has 0 bridgehead atoms. The first-order valence-corrected chi connectivity index (χ1v) is 9.51. The van der Waals surface area contributed by atoms with E-state index >= 15 is 0 Å². The molecule has 0 aliphatic carbocycles. The van der Waals surface area contributed by atoms with Gasteiger partial charge in [-0.1, -0.05) is 30.3 Å². The Morgan fingerprint density at radius 1 is 1.00 bits per heavy atom. The molecule has 0 aliphatic heterocycles. The number of hydrogen-bond acceptors (Lipinski definition) is 4. The van der Waals surface area contributed by atoms with Crippen LogP contribution in [0.4, 0.5) is 5.69 Å². The van der Waals surface area contributed by atoms with Crippen LogP contribution in [0.15, 0.2) is 91.8 Å². The highest BCUT2D eigenvalue weighted by atomic mass is 16.1. The molecule has 0 fully saturated rings. The number of amides is 1. The Hall–Kier alpha value is -4.26. The van der Waals surface area contributed by atoms with Gasteiger partial charge in [0.15, 0.2) is 5.65 Å². The molecule has 5 rings (SSSR count). The van der Waals surface area contributed by atoms with Gasteiger partial charge in [-0.15, -0.1) is 0 Å². The van der Waals surface area contributed by atoms with E-state index in [2.05, 4.69) is 20.4 Å². The molecule has 1 N–H and O–H groups in total. The minimum atomic E-state index is -0.212. The van der Waals surface area contributed by atoms with Gasteiger partial charge in [-0.05, 0) is 35.9 Å². The summed E-state index contributed by atoms with van der Waals surface area (Å²) < 4.78 is 3.73. The summed E-state index contributed by atoms with van der Waals surface area (Å²) in [5, 5.41) is 8.16. The SMILES string of the molecule is O=C(Nc1ccc(-n2ccnc2)cc1)c1cnc2c(cnn2Cc2ccccc2)c1. The molecular weight excluding hydrogens is 376 g/mol. The summed E-state index contributed by atoms with van der Waals surface area (Å²) in [5.41, 5.74) is 4.06. The largest absolute Gasteiger partial charge is 0.322 e. The van der Waals surface area contributed by atoms with E-state index in [1.165, 1.54) is 0 Å². The third-order valence-electron chi connectivity index (χ3n) is 4.84. The van der Waals surface area contributed by atoms with Crippen LogP contribution < -0.4 is 5.32 Å². The summed E-state index contributed by atoms with van der Waals surface area (Å²) in [4.78, 5) is 21.2. The van der Waals surface area contributed by atoms with E-state index in [0.717, 1.165) is 22.3 Å². The van der Waals surface area contributed by atoms with Crippen LogP contribution in [0.2, 0.25) is 0 Å². The van der Waals surface area contributed by atoms with Crippen molar-refractivity contribution in [3.05, 3.63) is 103 Å². The number of rotatable bonds is 5. The summed E-state index contributed by atoms with van der Waals surface area (Å²) in [6, 6.07) is 19.5. The number of hydrogen-bond donors (Lipinski definition) is 1. The maximum absolute atomic E-state index is 12.7. The molecule has 0 aliphatic rings. The Kier molecular flexibility index (Phi) is 4.53. The van der Waals surface area contributed by atoms with Crippen molar-refractivity contribution in [1.82, 2.24) is 24.3 Å². The number of pyridine rings is 1. The Balaban J connectivity index is 1.32. The number of anilines is 1. The molecule has 0 radical (unpaired) electrons. The molecular formula is C23H18N6O. The van der Waals surface area contributed by atoms with Gasteiger partial charge in [-0.25, -0.2) is 14.6 Å². The van der Waals surface area contributed by atoms with Crippen molar-refractivity contribution in [2.75, 3.05) is 5.32 Å². The highest BCUT2D eigenvalue weighted by Crippen LogP contribution is 2.17. The summed E-state index contributed by atoms with van der Waals surface area (Å²) >= 11 is 0. The van der Waals surface area contributed by atoms with E-state index in [1.54, 1.807) is 24.9 Å². The topological polar surface area (TPSA) is 77.6 Å². The van der Waals surface area contributed by atoms with Crippen LogP contribution in [-0.4, -0.2) is 30.2 Å².